The van der Waals surface area contributed by atoms with Crippen molar-refractivity contribution in [2.75, 3.05) is 5.32 Å². The number of aromatic nitrogens is 1. The summed E-state index contributed by atoms with van der Waals surface area (Å²) in [6.07, 6.45) is -2.98. The molecule has 0 saturated carbocycles. The van der Waals surface area contributed by atoms with Crippen molar-refractivity contribution in [3.63, 3.8) is 0 Å². The lowest BCUT2D eigenvalue weighted by Gasteiger charge is -2.12. The molecule has 22 heavy (non-hydrogen) atoms. The highest BCUT2D eigenvalue weighted by Gasteiger charge is 2.33. The van der Waals surface area contributed by atoms with E-state index < -0.39 is 11.7 Å². The monoisotopic (exact) mass is 304 g/mol. The Bertz CT molecular complexity index is 766. The van der Waals surface area contributed by atoms with Gasteiger partial charge in [-0.15, -0.1) is 0 Å². The van der Waals surface area contributed by atoms with Gasteiger partial charge >= 0.3 is 6.18 Å². The van der Waals surface area contributed by atoms with Crippen LogP contribution in [0.15, 0.2) is 65.2 Å². The lowest BCUT2D eigenvalue weighted by Crippen LogP contribution is -2.08. The minimum atomic E-state index is -4.45. The fourth-order valence-corrected chi connectivity index (χ4v) is 2.02. The van der Waals surface area contributed by atoms with Crippen LogP contribution in [0.1, 0.15) is 5.56 Å². The van der Waals surface area contributed by atoms with E-state index in [0.29, 0.717) is 5.76 Å². The second-order valence-corrected chi connectivity index (χ2v) is 4.56. The standard InChI is InChI=1S/C16H11F3N2O/c17-16(18,19)12-8-4-5-9-13(12)21-15-20-10-14(22-15)11-6-2-1-3-7-11/h1-10H,(H,20,21). The van der Waals surface area contributed by atoms with Crippen LogP contribution in [0.25, 0.3) is 11.3 Å². The van der Waals surface area contributed by atoms with Gasteiger partial charge in [0.2, 0.25) is 0 Å². The molecule has 112 valence electrons. The van der Waals surface area contributed by atoms with Gasteiger partial charge in [0.15, 0.2) is 5.76 Å². The van der Waals surface area contributed by atoms with Gasteiger partial charge in [-0.3, -0.25) is 0 Å². The smallest absolute Gasteiger partial charge is 0.418 e. The summed E-state index contributed by atoms with van der Waals surface area (Å²) in [6, 6.07) is 14.4. The molecule has 0 radical (unpaired) electrons. The lowest BCUT2D eigenvalue weighted by atomic mass is 10.2. The number of halogens is 3. The molecule has 1 N–H and O–H groups in total. The topological polar surface area (TPSA) is 38.1 Å². The quantitative estimate of drug-likeness (QED) is 0.731. The van der Waals surface area contributed by atoms with Crippen LogP contribution < -0.4 is 5.32 Å². The van der Waals surface area contributed by atoms with E-state index in [1.54, 1.807) is 0 Å². The third kappa shape index (κ3) is 2.95. The third-order valence-corrected chi connectivity index (χ3v) is 3.04. The van der Waals surface area contributed by atoms with Crippen molar-refractivity contribution in [3.8, 4) is 11.3 Å². The van der Waals surface area contributed by atoms with Gasteiger partial charge in [0, 0.05) is 5.56 Å². The van der Waals surface area contributed by atoms with Crippen LogP contribution in [-0.4, -0.2) is 4.98 Å². The molecule has 0 amide bonds. The zero-order valence-corrected chi connectivity index (χ0v) is 11.3. The Labute approximate surface area is 124 Å². The fraction of sp³-hybridized carbons (Fsp3) is 0.0625. The van der Waals surface area contributed by atoms with E-state index in [9.17, 15) is 13.2 Å². The first kappa shape index (κ1) is 14.2. The van der Waals surface area contributed by atoms with Gasteiger partial charge in [-0.25, -0.2) is 4.98 Å². The number of benzene rings is 2. The van der Waals surface area contributed by atoms with Crippen molar-refractivity contribution in [2.45, 2.75) is 6.18 Å². The van der Waals surface area contributed by atoms with Crippen molar-refractivity contribution in [3.05, 3.63) is 66.4 Å². The van der Waals surface area contributed by atoms with Gasteiger partial charge in [0.25, 0.3) is 6.01 Å². The second kappa shape index (κ2) is 5.55. The van der Waals surface area contributed by atoms with Crippen molar-refractivity contribution in [2.24, 2.45) is 0 Å². The molecule has 0 fully saturated rings. The van der Waals surface area contributed by atoms with Crippen LogP contribution >= 0.6 is 0 Å². The molecule has 0 atom stereocenters. The summed E-state index contributed by atoms with van der Waals surface area (Å²) in [5, 5.41) is 2.57. The molecule has 0 spiro atoms. The Balaban J connectivity index is 1.88. The molecule has 3 nitrogen and oxygen atoms in total. The van der Waals surface area contributed by atoms with Crippen molar-refractivity contribution < 1.29 is 17.6 Å². The largest absolute Gasteiger partial charge is 0.423 e. The molecule has 0 aliphatic heterocycles. The number of nitrogens with one attached hydrogen (secondary N) is 1. The minimum absolute atomic E-state index is 0.00977. The predicted octanol–water partition coefficient (Wildman–Crippen LogP) is 5.10. The number of hydrogen-bond donors (Lipinski definition) is 1. The summed E-state index contributed by atoms with van der Waals surface area (Å²) in [5.41, 5.74) is -0.0712. The summed E-state index contributed by atoms with van der Waals surface area (Å²) in [5.74, 6) is 0.479. The summed E-state index contributed by atoms with van der Waals surface area (Å²) in [6.45, 7) is 0. The Hall–Kier alpha value is -2.76. The molecule has 3 rings (SSSR count). The van der Waals surface area contributed by atoms with E-state index in [0.717, 1.165) is 11.6 Å². The molecular formula is C16H11F3N2O. The lowest BCUT2D eigenvalue weighted by molar-refractivity contribution is -0.136. The zero-order valence-electron chi connectivity index (χ0n) is 11.3. The maximum atomic E-state index is 12.9. The first-order valence-electron chi connectivity index (χ1n) is 6.48. The van der Waals surface area contributed by atoms with Crippen LogP contribution in [0, 0.1) is 0 Å². The molecule has 0 unspecified atom stereocenters. The summed E-state index contributed by atoms with van der Waals surface area (Å²) < 4.78 is 44.2. The van der Waals surface area contributed by atoms with Crippen LogP contribution in [0.3, 0.4) is 0 Å². The van der Waals surface area contributed by atoms with Crippen molar-refractivity contribution in [1.82, 2.24) is 4.98 Å². The predicted molar refractivity (Wildman–Crippen MR) is 76.7 cm³/mol. The van der Waals surface area contributed by atoms with E-state index in [2.05, 4.69) is 10.3 Å². The van der Waals surface area contributed by atoms with Crippen LogP contribution in [0.2, 0.25) is 0 Å². The van der Waals surface area contributed by atoms with E-state index in [1.807, 2.05) is 30.3 Å². The van der Waals surface area contributed by atoms with E-state index >= 15 is 0 Å². The highest BCUT2D eigenvalue weighted by atomic mass is 19.4. The molecule has 3 aromatic rings. The Morgan fingerprint density at radius 2 is 1.59 bits per heavy atom. The molecule has 0 saturated heterocycles. The molecule has 0 aliphatic rings. The first-order valence-corrected chi connectivity index (χ1v) is 6.48. The minimum Gasteiger partial charge on any atom is -0.423 e. The van der Waals surface area contributed by atoms with Gasteiger partial charge < -0.3 is 9.73 Å². The Morgan fingerprint density at radius 1 is 0.909 bits per heavy atom. The number of oxazole rings is 1. The van der Waals surface area contributed by atoms with Crippen LogP contribution in [0.5, 0.6) is 0 Å². The Morgan fingerprint density at radius 3 is 2.32 bits per heavy atom. The third-order valence-electron chi connectivity index (χ3n) is 3.04. The van der Waals surface area contributed by atoms with E-state index in [-0.39, 0.29) is 11.7 Å². The van der Waals surface area contributed by atoms with Gasteiger partial charge in [0.1, 0.15) is 0 Å². The molecule has 6 heteroatoms. The number of alkyl halides is 3. The van der Waals surface area contributed by atoms with Gasteiger partial charge in [0.05, 0.1) is 17.4 Å². The average Bonchev–Trinajstić information content (AvgIpc) is 2.96. The SMILES string of the molecule is FC(F)(F)c1ccccc1Nc1ncc(-c2ccccc2)o1. The average molecular weight is 304 g/mol. The maximum absolute atomic E-state index is 12.9. The molecular weight excluding hydrogens is 293 g/mol. The van der Waals surface area contributed by atoms with Crippen LogP contribution in [-0.2, 0) is 6.18 Å². The Kier molecular flexibility index (Phi) is 3.58. The van der Waals surface area contributed by atoms with Crippen LogP contribution in [0.4, 0.5) is 24.9 Å². The highest BCUT2D eigenvalue weighted by molar-refractivity contribution is 5.62. The van der Waals surface area contributed by atoms with Gasteiger partial charge in [-0.2, -0.15) is 13.2 Å². The molecule has 0 bridgehead atoms. The number of para-hydroxylation sites is 1. The molecule has 0 aliphatic carbocycles. The van der Waals surface area contributed by atoms with E-state index in [4.69, 9.17) is 4.42 Å². The first-order chi connectivity index (χ1) is 10.5. The number of rotatable bonds is 3. The molecule has 2 aromatic carbocycles. The van der Waals surface area contributed by atoms with E-state index in [1.165, 1.54) is 24.4 Å². The maximum Gasteiger partial charge on any atom is 0.418 e. The summed E-state index contributed by atoms with van der Waals surface area (Å²) in [4.78, 5) is 3.97. The van der Waals surface area contributed by atoms with Gasteiger partial charge in [-0.1, -0.05) is 42.5 Å². The fourth-order valence-electron chi connectivity index (χ4n) is 2.02. The summed E-state index contributed by atoms with van der Waals surface area (Å²) in [7, 11) is 0. The molecule has 1 heterocycles. The summed E-state index contributed by atoms with van der Waals surface area (Å²) >= 11 is 0. The second-order valence-electron chi connectivity index (χ2n) is 4.56. The number of hydrogen-bond acceptors (Lipinski definition) is 3. The van der Waals surface area contributed by atoms with Crippen molar-refractivity contribution >= 4 is 11.7 Å². The van der Waals surface area contributed by atoms with Gasteiger partial charge in [-0.05, 0) is 12.1 Å². The molecule has 1 aromatic heterocycles. The number of nitrogens with zero attached hydrogens (tertiary/aromatic N) is 1. The highest BCUT2D eigenvalue weighted by Crippen LogP contribution is 2.36. The van der Waals surface area contributed by atoms with Crippen molar-refractivity contribution in [1.29, 1.82) is 0 Å². The normalized spacial score (nSPS) is 11.4. The number of anilines is 2. The zero-order chi connectivity index (χ0) is 15.6.